The molecule has 1 fully saturated rings. The molecule has 0 spiro atoms. The van der Waals surface area contributed by atoms with Gasteiger partial charge in [-0.1, -0.05) is 48.0 Å². The molecule has 1 aliphatic rings. The van der Waals surface area contributed by atoms with Crippen LogP contribution in [0.25, 0.3) is 0 Å². The molecule has 1 aromatic heterocycles. The monoisotopic (exact) mass is 392 g/mol. The summed E-state index contributed by atoms with van der Waals surface area (Å²) in [6.45, 7) is 6.38. The number of aromatic nitrogens is 2. The Bertz CT molecular complexity index is 939. The largest absolute Gasteiger partial charge is 0.343 e. The van der Waals surface area contributed by atoms with E-state index < -0.39 is 0 Å². The second-order valence-electron chi connectivity index (χ2n) is 7.32. The Morgan fingerprint density at radius 2 is 1.86 bits per heavy atom. The van der Waals surface area contributed by atoms with E-state index in [-0.39, 0.29) is 11.9 Å². The first kappa shape index (κ1) is 18.6. The summed E-state index contributed by atoms with van der Waals surface area (Å²) in [5.41, 5.74) is 3.14. The van der Waals surface area contributed by atoms with Crippen LogP contribution in [-0.4, -0.2) is 45.8 Å². The highest BCUT2D eigenvalue weighted by Gasteiger charge is 2.29. The molecule has 1 saturated heterocycles. The summed E-state index contributed by atoms with van der Waals surface area (Å²) in [6, 6.07) is 18.2. The summed E-state index contributed by atoms with van der Waals surface area (Å²) in [7, 11) is 0. The van der Waals surface area contributed by atoms with Gasteiger partial charge < -0.3 is 9.80 Å². The lowest BCUT2D eigenvalue weighted by Crippen LogP contribution is -2.54. The fourth-order valence-corrected chi connectivity index (χ4v) is 4.24. The van der Waals surface area contributed by atoms with Crippen LogP contribution in [0, 0.1) is 6.92 Å². The zero-order chi connectivity index (χ0) is 19.5. The van der Waals surface area contributed by atoms with Crippen molar-refractivity contribution in [1.82, 2.24) is 14.3 Å². The first-order chi connectivity index (χ1) is 13.6. The van der Waals surface area contributed by atoms with Crippen LogP contribution in [-0.2, 0) is 6.42 Å². The van der Waals surface area contributed by atoms with Crippen molar-refractivity contribution in [3.05, 3.63) is 77.1 Å². The van der Waals surface area contributed by atoms with Gasteiger partial charge in [0, 0.05) is 49.2 Å². The van der Waals surface area contributed by atoms with E-state index in [0.717, 1.165) is 41.6 Å². The standard InChI is InChI=1S/C22H24N4OS/c1-16-8-10-19(11-9-16)21(27)26-13-12-25(15-17(26)2)22-23-20(24-28-22)14-18-6-4-3-5-7-18/h3-11,17H,12-15H2,1-2H3/t17-/m1/s1. The Balaban J connectivity index is 1.40. The van der Waals surface area contributed by atoms with E-state index in [2.05, 4.69) is 28.3 Å². The third kappa shape index (κ3) is 4.07. The molecule has 6 heteroatoms. The summed E-state index contributed by atoms with van der Waals surface area (Å²) >= 11 is 1.45. The molecule has 28 heavy (non-hydrogen) atoms. The summed E-state index contributed by atoms with van der Waals surface area (Å²) in [5.74, 6) is 0.964. The average Bonchev–Trinajstić information content (AvgIpc) is 3.17. The average molecular weight is 393 g/mol. The number of nitrogens with zero attached hydrogens (tertiary/aromatic N) is 4. The predicted octanol–water partition coefficient (Wildman–Crippen LogP) is 3.79. The number of benzene rings is 2. The zero-order valence-electron chi connectivity index (χ0n) is 16.2. The maximum atomic E-state index is 12.9. The minimum atomic E-state index is 0.106. The number of hydrogen-bond donors (Lipinski definition) is 0. The Hall–Kier alpha value is -2.73. The molecule has 1 atom stereocenters. The number of rotatable bonds is 4. The van der Waals surface area contributed by atoms with Gasteiger partial charge in [-0.15, -0.1) is 0 Å². The normalized spacial score (nSPS) is 17.0. The van der Waals surface area contributed by atoms with Crippen molar-refractivity contribution in [2.24, 2.45) is 0 Å². The van der Waals surface area contributed by atoms with Crippen molar-refractivity contribution in [3.63, 3.8) is 0 Å². The summed E-state index contributed by atoms with van der Waals surface area (Å²) < 4.78 is 4.53. The van der Waals surface area contributed by atoms with Crippen molar-refractivity contribution in [1.29, 1.82) is 0 Å². The third-order valence-electron chi connectivity index (χ3n) is 5.12. The fraction of sp³-hybridized carbons (Fsp3) is 0.318. The summed E-state index contributed by atoms with van der Waals surface area (Å²) in [6.07, 6.45) is 0.749. The molecular formula is C22H24N4OS. The van der Waals surface area contributed by atoms with Crippen LogP contribution in [0.4, 0.5) is 5.13 Å². The first-order valence-electron chi connectivity index (χ1n) is 9.59. The van der Waals surface area contributed by atoms with Gasteiger partial charge in [0.05, 0.1) is 0 Å². The van der Waals surface area contributed by atoms with Gasteiger partial charge in [-0.25, -0.2) is 4.98 Å². The summed E-state index contributed by atoms with van der Waals surface area (Å²) in [4.78, 5) is 21.8. The molecule has 2 heterocycles. The number of aryl methyl sites for hydroxylation is 1. The minimum absolute atomic E-state index is 0.106. The Morgan fingerprint density at radius 3 is 2.57 bits per heavy atom. The zero-order valence-corrected chi connectivity index (χ0v) is 17.0. The quantitative estimate of drug-likeness (QED) is 0.678. The molecule has 1 aliphatic heterocycles. The molecule has 0 aliphatic carbocycles. The minimum Gasteiger partial charge on any atom is -0.343 e. The lowest BCUT2D eigenvalue weighted by molar-refractivity contribution is 0.0674. The topological polar surface area (TPSA) is 49.3 Å². The van der Waals surface area contributed by atoms with E-state index in [1.165, 1.54) is 17.1 Å². The van der Waals surface area contributed by atoms with E-state index >= 15 is 0 Å². The molecule has 0 radical (unpaired) electrons. The third-order valence-corrected chi connectivity index (χ3v) is 5.93. The fourth-order valence-electron chi connectivity index (χ4n) is 3.52. The summed E-state index contributed by atoms with van der Waals surface area (Å²) in [5, 5.41) is 0.945. The lowest BCUT2D eigenvalue weighted by Gasteiger charge is -2.39. The Kier molecular flexibility index (Phi) is 5.39. The molecule has 0 unspecified atom stereocenters. The highest BCUT2D eigenvalue weighted by Crippen LogP contribution is 2.23. The van der Waals surface area contributed by atoms with Crippen LogP contribution in [0.15, 0.2) is 54.6 Å². The van der Waals surface area contributed by atoms with Crippen LogP contribution in [0.1, 0.15) is 34.2 Å². The number of piperazine rings is 1. The number of hydrogen-bond acceptors (Lipinski definition) is 5. The highest BCUT2D eigenvalue weighted by atomic mass is 32.1. The van der Waals surface area contributed by atoms with Crippen molar-refractivity contribution in [2.45, 2.75) is 26.3 Å². The molecule has 0 saturated carbocycles. The second-order valence-corrected chi connectivity index (χ2v) is 8.05. The number of carbonyl (C=O) groups excluding carboxylic acids is 1. The van der Waals surface area contributed by atoms with Crippen molar-refractivity contribution < 1.29 is 4.79 Å². The van der Waals surface area contributed by atoms with Crippen LogP contribution in [0.3, 0.4) is 0 Å². The molecule has 144 valence electrons. The van der Waals surface area contributed by atoms with E-state index in [1.807, 2.05) is 54.3 Å². The lowest BCUT2D eigenvalue weighted by atomic mass is 10.1. The molecule has 0 N–H and O–H groups in total. The maximum Gasteiger partial charge on any atom is 0.254 e. The predicted molar refractivity (Wildman–Crippen MR) is 113 cm³/mol. The van der Waals surface area contributed by atoms with Gasteiger partial charge in [0.15, 0.2) is 0 Å². The van der Waals surface area contributed by atoms with Gasteiger partial charge in [-0.3, -0.25) is 4.79 Å². The van der Waals surface area contributed by atoms with Crippen molar-refractivity contribution >= 4 is 22.6 Å². The van der Waals surface area contributed by atoms with Crippen LogP contribution in [0.2, 0.25) is 0 Å². The van der Waals surface area contributed by atoms with Gasteiger partial charge >= 0.3 is 0 Å². The SMILES string of the molecule is Cc1ccc(C(=O)N2CCN(c3nc(Cc4ccccc4)ns3)C[C@H]2C)cc1. The van der Waals surface area contributed by atoms with Gasteiger partial charge in [-0.2, -0.15) is 4.37 Å². The molecule has 1 amide bonds. The number of carbonyl (C=O) groups is 1. The molecule has 0 bridgehead atoms. The molecule has 2 aromatic carbocycles. The smallest absolute Gasteiger partial charge is 0.254 e. The molecule has 4 rings (SSSR count). The van der Waals surface area contributed by atoms with Crippen LogP contribution < -0.4 is 4.90 Å². The van der Waals surface area contributed by atoms with E-state index in [1.54, 1.807) is 0 Å². The maximum absolute atomic E-state index is 12.9. The van der Waals surface area contributed by atoms with E-state index in [0.29, 0.717) is 6.54 Å². The van der Waals surface area contributed by atoms with Crippen LogP contribution in [0.5, 0.6) is 0 Å². The number of anilines is 1. The first-order valence-corrected chi connectivity index (χ1v) is 10.4. The van der Waals surface area contributed by atoms with Crippen molar-refractivity contribution in [2.75, 3.05) is 24.5 Å². The Labute approximate surface area is 169 Å². The number of amides is 1. The van der Waals surface area contributed by atoms with E-state index in [4.69, 9.17) is 4.98 Å². The van der Waals surface area contributed by atoms with Gasteiger partial charge in [0.2, 0.25) is 5.13 Å². The molecule has 5 nitrogen and oxygen atoms in total. The van der Waals surface area contributed by atoms with Gasteiger partial charge in [0.25, 0.3) is 5.91 Å². The molecule has 3 aromatic rings. The second kappa shape index (κ2) is 8.10. The van der Waals surface area contributed by atoms with Crippen molar-refractivity contribution in [3.8, 4) is 0 Å². The van der Waals surface area contributed by atoms with Crippen LogP contribution >= 0.6 is 11.5 Å². The Morgan fingerprint density at radius 1 is 1.11 bits per heavy atom. The highest BCUT2D eigenvalue weighted by molar-refractivity contribution is 7.09. The van der Waals surface area contributed by atoms with E-state index in [9.17, 15) is 4.79 Å². The van der Waals surface area contributed by atoms with Gasteiger partial charge in [0.1, 0.15) is 5.82 Å². The van der Waals surface area contributed by atoms with Gasteiger partial charge in [-0.05, 0) is 31.5 Å². The molecular weight excluding hydrogens is 368 g/mol.